The van der Waals surface area contributed by atoms with Gasteiger partial charge in [-0.15, -0.1) is 0 Å². The highest BCUT2D eigenvalue weighted by molar-refractivity contribution is 5.85. The number of carbonyl (C=O) groups is 2. The minimum atomic E-state index is -0.858. The van der Waals surface area contributed by atoms with Crippen molar-refractivity contribution in [1.82, 2.24) is 0 Å². The molecule has 1 N–H and O–H groups in total. The summed E-state index contributed by atoms with van der Waals surface area (Å²) >= 11 is 0. The fraction of sp³-hybridized carbons (Fsp3) is 0.909. The maximum Gasteiger partial charge on any atom is 0.302 e. The van der Waals surface area contributed by atoms with Crippen LogP contribution in [0.25, 0.3) is 0 Å². The first-order chi connectivity index (χ1) is 12.0. The van der Waals surface area contributed by atoms with Crippen molar-refractivity contribution in [3.05, 3.63) is 0 Å². The molecule has 0 aromatic rings. The summed E-state index contributed by atoms with van der Waals surface area (Å²) in [6.07, 6.45) is 7.87. The van der Waals surface area contributed by atoms with Crippen LogP contribution < -0.4 is 0 Å². The van der Waals surface area contributed by atoms with Crippen LogP contribution in [0.3, 0.4) is 0 Å². The molecule has 0 amide bonds. The Balaban J connectivity index is 1.64. The van der Waals surface area contributed by atoms with E-state index in [-0.39, 0.29) is 34.7 Å². The Morgan fingerprint density at radius 3 is 2.58 bits per heavy atom. The van der Waals surface area contributed by atoms with Gasteiger partial charge in [-0.3, -0.25) is 9.59 Å². The lowest BCUT2D eigenvalue weighted by Gasteiger charge is -2.63. The van der Waals surface area contributed by atoms with Gasteiger partial charge in [0.05, 0.1) is 0 Å². The number of aliphatic hydroxyl groups is 1. The van der Waals surface area contributed by atoms with Gasteiger partial charge in [0.2, 0.25) is 0 Å². The number of carbonyl (C=O) groups excluding carboxylic acids is 2. The second kappa shape index (κ2) is 5.56. The number of hydrogen-bond acceptors (Lipinski definition) is 4. The van der Waals surface area contributed by atoms with Crippen LogP contribution in [-0.4, -0.2) is 29.1 Å². The zero-order valence-electron chi connectivity index (χ0n) is 16.8. The fourth-order valence-electron chi connectivity index (χ4n) is 8.04. The molecular formula is C22H34O4. The van der Waals surface area contributed by atoms with Gasteiger partial charge in [-0.1, -0.05) is 20.8 Å². The number of hydrogen-bond donors (Lipinski definition) is 1. The molecule has 0 saturated heterocycles. The Morgan fingerprint density at radius 1 is 1.15 bits per heavy atom. The van der Waals surface area contributed by atoms with E-state index in [0.717, 1.165) is 44.9 Å². The first-order valence-corrected chi connectivity index (χ1v) is 10.4. The molecule has 0 radical (unpaired) electrons. The van der Waals surface area contributed by atoms with E-state index < -0.39 is 5.60 Å². The molecule has 4 nitrogen and oxygen atoms in total. The summed E-state index contributed by atoms with van der Waals surface area (Å²) in [6, 6.07) is 0. The van der Waals surface area contributed by atoms with Crippen LogP contribution in [0.4, 0.5) is 0 Å². The second-order valence-corrected chi connectivity index (χ2v) is 10.7. The molecule has 0 aromatic carbocycles. The van der Waals surface area contributed by atoms with E-state index >= 15 is 0 Å². The van der Waals surface area contributed by atoms with E-state index in [1.807, 2.05) is 0 Å². The highest BCUT2D eigenvalue weighted by Gasteiger charge is 2.68. The summed E-state index contributed by atoms with van der Waals surface area (Å²) in [4.78, 5) is 23.9. The first kappa shape index (κ1) is 18.5. The SMILES string of the molecule is CC(=O)OC[C@]1(O)C[C@]23CC[C@@H]4C(C)(C)C(=O)CC[C@@]4(C)[C@@H]2CC[C@H]1C3. The first-order valence-electron chi connectivity index (χ1n) is 10.4. The van der Waals surface area contributed by atoms with E-state index in [0.29, 0.717) is 24.0 Å². The molecule has 4 rings (SSSR count). The molecule has 1 spiro atoms. The molecule has 146 valence electrons. The zero-order valence-corrected chi connectivity index (χ0v) is 16.8. The van der Waals surface area contributed by atoms with Gasteiger partial charge in [-0.2, -0.15) is 0 Å². The predicted octanol–water partition coefficient (Wildman–Crippen LogP) is 3.89. The molecule has 4 aliphatic rings. The second-order valence-electron chi connectivity index (χ2n) is 10.7. The minimum absolute atomic E-state index is 0.144. The van der Waals surface area contributed by atoms with E-state index in [2.05, 4.69) is 20.8 Å². The van der Waals surface area contributed by atoms with Crippen LogP contribution >= 0.6 is 0 Å². The number of ether oxygens (including phenoxy) is 1. The Kier molecular flexibility index (Phi) is 3.95. The largest absolute Gasteiger partial charge is 0.463 e. The molecule has 0 aromatic heterocycles. The predicted molar refractivity (Wildman–Crippen MR) is 98.3 cm³/mol. The van der Waals surface area contributed by atoms with E-state index in [9.17, 15) is 14.7 Å². The topological polar surface area (TPSA) is 63.6 Å². The monoisotopic (exact) mass is 362 g/mol. The van der Waals surface area contributed by atoms with Crippen LogP contribution in [0.5, 0.6) is 0 Å². The van der Waals surface area contributed by atoms with Gasteiger partial charge in [-0.25, -0.2) is 0 Å². The summed E-state index contributed by atoms with van der Waals surface area (Å²) in [6.45, 7) is 8.31. The van der Waals surface area contributed by atoms with Gasteiger partial charge < -0.3 is 9.84 Å². The van der Waals surface area contributed by atoms with Crippen LogP contribution in [0.2, 0.25) is 0 Å². The molecule has 4 fully saturated rings. The normalized spacial score (nSPS) is 49.3. The van der Waals surface area contributed by atoms with Crippen LogP contribution in [0, 0.1) is 34.0 Å². The van der Waals surface area contributed by atoms with E-state index in [1.54, 1.807) is 0 Å². The van der Waals surface area contributed by atoms with E-state index in [1.165, 1.54) is 6.92 Å². The summed E-state index contributed by atoms with van der Waals surface area (Å²) < 4.78 is 5.26. The summed E-state index contributed by atoms with van der Waals surface area (Å²) in [5.74, 6) is 1.39. The maximum absolute atomic E-state index is 12.6. The molecule has 0 heterocycles. The number of esters is 1. The van der Waals surface area contributed by atoms with Crippen molar-refractivity contribution >= 4 is 11.8 Å². The zero-order chi connectivity index (χ0) is 19.0. The lowest BCUT2D eigenvalue weighted by atomic mass is 9.41. The van der Waals surface area contributed by atoms with Crippen LogP contribution in [-0.2, 0) is 14.3 Å². The molecule has 4 aliphatic carbocycles. The number of ketones is 1. The molecule has 0 unspecified atom stereocenters. The van der Waals surface area contributed by atoms with Crippen molar-refractivity contribution in [3.63, 3.8) is 0 Å². The van der Waals surface area contributed by atoms with Crippen molar-refractivity contribution in [2.24, 2.45) is 34.0 Å². The standard InChI is InChI=1S/C22H34O4/c1-14(23)26-13-22(25)12-21-10-7-16-19(2,3)18(24)8-9-20(16,4)17(21)6-5-15(22)11-21/h15-17,25H,5-13H2,1-4H3/t15-,16+,17-,20+,21+,22+/m0/s1. The Morgan fingerprint density at radius 2 is 1.88 bits per heavy atom. The van der Waals surface area contributed by atoms with Crippen molar-refractivity contribution in [3.8, 4) is 0 Å². The van der Waals surface area contributed by atoms with Crippen LogP contribution in [0.15, 0.2) is 0 Å². The molecule has 0 aliphatic heterocycles. The Bertz CT molecular complexity index is 640. The van der Waals surface area contributed by atoms with Gasteiger partial charge in [-0.05, 0) is 73.5 Å². The van der Waals surface area contributed by atoms with Crippen molar-refractivity contribution in [2.45, 2.75) is 84.7 Å². The molecule has 2 bridgehead atoms. The minimum Gasteiger partial charge on any atom is -0.463 e. The van der Waals surface area contributed by atoms with Crippen molar-refractivity contribution in [1.29, 1.82) is 0 Å². The molecule has 26 heavy (non-hydrogen) atoms. The van der Waals surface area contributed by atoms with Crippen molar-refractivity contribution < 1.29 is 19.4 Å². The molecule has 4 saturated carbocycles. The summed E-state index contributed by atoms with van der Waals surface area (Å²) in [5, 5.41) is 11.3. The molecule has 4 heteroatoms. The fourth-order valence-corrected chi connectivity index (χ4v) is 8.04. The Hall–Kier alpha value is -0.900. The van der Waals surface area contributed by atoms with Crippen molar-refractivity contribution in [2.75, 3.05) is 6.61 Å². The number of Topliss-reactive ketones (excluding diaryl/α,β-unsaturated/α-hetero) is 1. The highest BCUT2D eigenvalue weighted by Crippen LogP contribution is 2.72. The summed E-state index contributed by atoms with van der Waals surface area (Å²) in [5.41, 5.74) is -0.728. The third kappa shape index (κ3) is 2.36. The third-order valence-electron chi connectivity index (χ3n) is 9.14. The van der Waals surface area contributed by atoms with Gasteiger partial charge in [0.1, 0.15) is 18.0 Å². The van der Waals surface area contributed by atoms with E-state index in [4.69, 9.17) is 4.74 Å². The molecule has 6 atom stereocenters. The quantitative estimate of drug-likeness (QED) is 0.757. The van der Waals surface area contributed by atoms with Gasteiger partial charge in [0.15, 0.2) is 0 Å². The van der Waals surface area contributed by atoms with Gasteiger partial charge in [0, 0.05) is 18.8 Å². The number of fused-ring (bicyclic) bond motifs is 3. The maximum atomic E-state index is 12.6. The lowest BCUT2D eigenvalue weighted by Crippen LogP contribution is -2.58. The Labute approximate surface area is 157 Å². The summed E-state index contributed by atoms with van der Waals surface area (Å²) in [7, 11) is 0. The van der Waals surface area contributed by atoms with Crippen LogP contribution in [0.1, 0.15) is 79.1 Å². The smallest absolute Gasteiger partial charge is 0.302 e. The molecular weight excluding hydrogens is 328 g/mol. The lowest BCUT2D eigenvalue weighted by molar-refractivity contribution is -0.165. The number of rotatable bonds is 2. The third-order valence-corrected chi connectivity index (χ3v) is 9.14. The van der Waals surface area contributed by atoms with Gasteiger partial charge >= 0.3 is 5.97 Å². The van der Waals surface area contributed by atoms with Gasteiger partial charge in [0.25, 0.3) is 0 Å². The highest BCUT2D eigenvalue weighted by atomic mass is 16.5. The average molecular weight is 363 g/mol. The average Bonchev–Trinajstić information content (AvgIpc) is 2.76.